The minimum absolute atomic E-state index is 0.0226. The highest BCUT2D eigenvalue weighted by molar-refractivity contribution is 6.07. The minimum atomic E-state index is -0.443. The molecule has 3 amide bonds. The van der Waals surface area contributed by atoms with Gasteiger partial charge in [-0.15, -0.1) is 0 Å². The maximum atomic E-state index is 12.8. The highest BCUT2D eigenvalue weighted by atomic mass is 16.7. The van der Waals surface area contributed by atoms with Crippen LogP contribution in [-0.4, -0.2) is 51.3 Å². The third-order valence-corrected chi connectivity index (χ3v) is 4.98. The summed E-state index contributed by atoms with van der Waals surface area (Å²) in [6.45, 7) is 0.823. The van der Waals surface area contributed by atoms with E-state index in [1.165, 1.54) is 5.06 Å². The lowest BCUT2D eigenvalue weighted by molar-refractivity contribution is -0.140. The van der Waals surface area contributed by atoms with Crippen molar-refractivity contribution >= 4 is 17.8 Å². The Morgan fingerprint density at radius 2 is 2.07 bits per heavy atom. The van der Waals surface area contributed by atoms with E-state index in [9.17, 15) is 9.59 Å². The first-order chi connectivity index (χ1) is 13.1. The van der Waals surface area contributed by atoms with Gasteiger partial charge in [-0.1, -0.05) is 30.3 Å². The van der Waals surface area contributed by atoms with Gasteiger partial charge in [0, 0.05) is 18.9 Å². The van der Waals surface area contributed by atoms with E-state index >= 15 is 0 Å². The smallest absolute Gasteiger partial charge is 0.344 e. The van der Waals surface area contributed by atoms with Crippen molar-refractivity contribution in [2.24, 2.45) is 0 Å². The fourth-order valence-electron chi connectivity index (χ4n) is 3.56. The summed E-state index contributed by atoms with van der Waals surface area (Å²) < 4.78 is 0. The molecule has 2 bridgehead atoms. The largest absolute Gasteiger partial charge is 0.367 e. The van der Waals surface area contributed by atoms with E-state index in [2.05, 4.69) is 10.3 Å². The highest BCUT2D eigenvalue weighted by Crippen LogP contribution is 2.30. The van der Waals surface area contributed by atoms with E-state index in [1.807, 2.05) is 30.3 Å². The van der Waals surface area contributed by atoms with Crippen LogP contribution in [0.15, 0.2) is 48.8 Å². The molecular formula is C19H21N5O3. The predicted octanol–water partition coefficient (Wildman–Crippen LogP) is 2.12. The molecule has 0 radical (unpaired) electrons. The van der Waals surface area contributed by atoms with Crippen LogP contribution in [0, 0.1) is 5.41 Å². The maximum absolute atomic E-state index is 12.8. The lowest BCUT2D eigenvalue weighted by atomic mass is 10.00. The van der Waals surface area contributed by atoms with E-state index < -0.39 is 6.04 Å². The predicted molar refractivity (Wildman–Crippen MR) is 98.0 cm³/mol. The zero-order valence-corrected chi connectivity index (χ0v) is 14.7. The molecule has 2 atom stereocenters. The van der Waals surface area contributed by atoms with Gasteiger partial charge in [0.15, 0.2) is 0 Å². The normalized spacial score (nSPS) is 21.4. The number of benzene rings is 1. The number of hydrogen-bond acceptors (Lipinski definition) is 4. The molecule has 140 valence electrons. The molecule has 0 aliphatic carbocycles. The van der Waals surface area contributed by atoms with Crippen LogP contribution in [-0.2, 0) is 11.4 Å². The van der Waals surface area contributed by atoms with Crippen LogP contribution in [0.5, 0.6) is 0 Å². The number of aromatic amines is 1. The van der Waals surface area contributed by atoms with Crippen molar-refractivity contribution in [1.29, 1.82) is 5.41 Å². The number of urea groups is 1. The summed E-state index contributed by atoms with van der Waals surface area (Å²) in [4.78, 5) is 35.1. The van der Waals surface area contributed by atoms with Crippen LogP contribution in [0.25, 0.3) is 0 Å². The molecule has 3 heterocycles. The van der Waals surface area contributed by atoms with E-state index in [1.54, 1.807) is 23.4 Å². The molecule has 2 aromatic rings. The van der Waals surface area contributed by atoms with Crippen LogP contribution < -0.4 is 5.32 Å². The zero-order valence-electron chi connectivity index (χ0n) is 14.7. The number of hydroxylamine groups is 2. The van der Waals surface area contributed by atoms with E-state index in [-0.39, 0.29) is 23.8 Å². The second-order valence-corrected chi connectivity index (χ2v) is 6.73. The second-order valence-electron chi connectivity index (χ2n) is 6.73. The van der Waals surface area contributed by atoms with Crippen LogP contribution in [0.1, 0.15) is 28.8 Å². The number of fused-ring (bicyclic) bond motifs is 2. The molecule has 8 heteroatoms. The zero-order chi connectivity index (χ0) is 18.8. The fraction of sp³-hybridized carbons (Fsp3) is 0.316. The highest BCUT2D eigenvalue weighted by Gasteiger charge is 2.47. The average molecular weight is 367 g/mol. The average Bonchev–Trinajstić information content (AvgIpc) is 3.30. The van der Waals surface area contributed by atoms with Gasteiger partial charge in [-0.2, -0.15) is 5.06 Å². The van der Waals surface area contributed by atoms with Gasteiger partial charge in [-0.3, -0.25) is 15.0 Å². The number of H-pyrrole nitrogens is 1. The van der Waals surface area contributed by atoms with Crippen LogP contribution in [0.3, 0.4) is 0 Å². The van der Waals surface area contributed by atoms with Gasteiger partial charge in [0.2, 0.25) is 0 Å². The quantitative estimate of drug-likeness (QED) is 0.557. The lowest BCUT2D eigenvalue weighted by Gasteiger charge is -2.30. The SMILES string of the molecule is N=C(NC(=O)c1cc[nH]c1)[C@@H]1CC[C@@H]2CN1C(=O)N2OCc1ccccc1. The molecule has 8 nitrogen and oxygen atoms in total. The van der Waals surface area contributed by atoms with Crippen molar-refractivity contribution in [3.05, 3.63) is 59.9 Å². The van der Waals surface area contributed by atoms with Crippen LogP contribution >= 0.6 is 0 Å². The summed E-state index contributed by atoms with van der Waals surface area (Å²) >= 11 is 0. The summed E-state index contributed by atoms with van der Waals surface area (Å²) in [5.41, 5.74) is 1.44. The van der Waals surface area contributed by atoms with Crippen molar-refractivity contribution in [1.82, 2.24) is 20.3 Å². The summed E-state index contributed by atoms with van der Waals surface area (Å²) in [6, 6.07) is 10.6. The number of nitrogens with one attached hydrogen (secondary N) is 3. The van der Waals surface area contributed by atoms with E-state index in [0.717, 1.165) is 12.0 Å². The Morgan fingerprint density at radius 1 is 1.26 bits per heavy atom. The van der Waals surface area contributed by atoms with Crippen molar-refractivity contribution in [2.75, 3.05) is 6.54 Å². The molecule has 2 aliphatic rings. The van der Waals surface area contributed by atoms with Gasteiger partial charge in [0.1, 0.15) is 12.4 Å². The Hall–Kier alpha value is -3.13. The van der Waals surface area contributed by atoms with Gasteiger partial charge in [0.25, 0.3) is 5.91 Å². The summed E-state index contributed by atoms with van der Waals surface area (Å²) in [7, 11) is 0. The third-order valence-electron chi connectivity index (χ3n) is 4.98. The monoisotopic (exact) mass is 367 g/mol. The number of amides is 3. The standard InChI is InChI=1S/C19H21N5O3/c20-17(22-18(25)14-8-9-21-10-14)16-7-6-15-11-23(16)19(26)24(15)27-12-13-4-2-1-3-5-13/h1-5,8-10,15-16,21H,6-7,11-12H2,(H2,20,22,25)/t15-,16+/m1/s1. The number of hydrogen-bond donors (Lipinski definition) is 3. The number of carbonyl (C=O) groups excluding carboxylic acids is 2. The Morgan fingerprint density at radius 3 is 2.81 bits per heavy atom. The Labute approximate surface area is 156 Å². The first kappa shape index (κ1) is 17.3. The molecule has 0 unspecified atom stereocenters. The molecular weight excluding hydrogens is 346 g/mol. The number of piperidine rings is 1. The topological polar surface area (TPSA) is 102 Å². The van der Waals surface area contributed by atoms with E-state index in [4.69, 9.17) is 10.2 Å². The molecule has 0 spiro atoms. The number of nitrogens with zero attached hydrogens (tertiary/aromatic N) is 2. The van der Waals surface area contributed by atoms with Crippen LogP contribution in [0.2, 0.25) is 0 Å². The number of rotatable bonds is 5. The first-order valence-electron chi connectivity index (χ1n) is 8.93. The van der Waals surface area contributed by atoms with E-state index in [0.29, 0.717) is 25.1 Å². The van der Waals surface area contributed by atoms with Crippen LogP contribution in [0.4, 0.5) is 4.79 Å². The first-order valence-corrected chi connectivity index (χ1v) is 8.93. The summed E-state index contributed by atoms with van der Waals surface area (Å²) in [5, 5.41) is 12.3. The maximum Gasteiger partial charge on any atom is 0.344 e. The van der Waals surface area contributed by atoms with Crippen molar-refractivity contribution in [3.63, 3.8) is 0 Å². The number of aromatic nitrogens is 1. The molecule has 1 aromatic carbocycles. The molecule has 1 aromatic heterocycles. The number of amidine groups is 1. The fourth-order valence-corrected chi connectivity index (χ4v) is 3.56. The molecule has 3 N–H and O–H groups in total. The van der Waals surface area contributed by atoms with Crippen molar-refractivity contribution in [3.8, 4) is 0 Å². The Bertz CT molecular complexity index is 836. The van der Waals surface area contributed by atoms with Crippen molar-refractivity contribution in [2.45, 2.75) is 31.5 Å². The molecule has 27 heavy (non-hydrogen) atoms. The minimum Gasteiger partial charge on any atom is -0.367 e. The number of carbonyl (C=O) groups is 2. The van der Waals surface area contributed by atoms with Gasteiger partial charge in [0.05, 0.1) is 17.6 Å². The Kier molecular flexibility index (Phi) is 4.64. The summed E-state index contributed by atoms with van der Waals surface area (Å²) in [5.74, 6) is -0.315. The molecule has 2 saturated heterocycles. The van der Waals surface area contributed by atoms with Gasteiger partial charge in [-0.05, 0) is 24.5 Å². The molecule has 2 fully saturated rings. The van der Waals surface area contributed by atoms with Gasteiger partial charge >= 0.3 is 6.03 Å². The van der Waals surface area contributed by atoms with Crippen molar-refractivity contribution < 1.29 is 14.4 Å². The molecule has 2 aliphatic heterocycles. The molecule has 0 saturated carbocycles. The third kappa shape index (κ3) is 3.43. The van der Waals surface area contributed by atoms with Gasteiger partial charge in [-0.25, -0.2) is 4.79 Å². The summed E-state index contributed by atoms with van der Waals surface area (Å²) in [6.07, 6.45) is 4.56. The second kappa shape index (κ2) is 7.24. The van der Waals surface area contributed by atoms with Gasteiger partial charge < -0.3 is 15.2 Å². The Balaban J connectivity index is 1.38. The lowest BCUT2D eigenvalue weighted by Crippen LogP contribution is -2.50. The molecule has 4 rings (SSSR count).